The van der Waals surface area contributed by atoms with E-state index in [1.807, 2.05) is 24.3 Å². The first kappa shape index (κ1) is 12.5. The van der Waals surface area contributed by atoms with Gasteiger partial charge < -0.3 is 14.7 Å². The molecule has 0 saturated carbocycles. The molecule has 20 heavy (non-hydrogen) atoms. The third-order valence-corrected chi connectivity index (χ3v) is 3.21. The average molecular weight is 270 g/mol. The van der Waals surface area contributed by atoms with Crippen molar-refractivity contribution in [1.29, 1.82) is 0 Å². The quantitative estimate of drug-likeness (QED) is 0.858. The molecule has 0 radical (unpaired) electrons. The third-order valence-electron chi connectivity index (χ3n) is 3.21. The number of aromatic nitrogens is 1. The summed E-state index contributed by atoms with van der Waals surface area (Å²) in [7, 11) is 0. The van der Waals surface area contributed by atoms with Crippen molar-refractivity contribution in [3.05, 3.63) is 53.9 Å². The SMILES string of the molecule is O=C(c1cncc(O)c1)N1CCOc2ccccc2C1. The normalized spacial score (nSPS) is 14.1. The lowest BCUT2D eigenvalue weighted by molar-refractivity contribution is 0.0732. The van der Waals surface area contributed by atoms with Gasteiger partial charge in [0, 0.05) is 18.3 Å². The Balaban J connectivity index is 1.86. The summed E-state index contributed by atoms with van der Waals surface area (Å²) in [6, 6.07) is 9.11. The molecule has 0 aliphatic carbocycles. The van der Waals surface area contributed by atoms with E-state index in [2.05, 4.69) is 4.98 Å². The van der Waals surface area contributed by atoms with Gasteiger partial charge in [0.15, 0.2) is 0 Å². The van der Waals surface area contributed by atoms with Crippen molar-refractivity contribution in [3.63, 3.8) is 0 Å². The van der Waals surface area contributed by atoms with Gasteiger partial charge in [0.1, 0.15) is 18.1 Å². The lowest BCUT2D eigenvalue weighted by Crippen LogP contribution is -2.32. The summed E-state index contributed by atoms with van der Waals surface area (Å²) in [5.74, 6) is 0.646. The van der Waals surface area contributed by atoms with Crippen LogP contribution in [0.15, 0.2) is 42.7 Å². The first-order valence-corrected chi connectivity index (χ1v) is 6.38. The summed E-state index contributed by atoms with van der Waals surface area (Å²) in [6.07, 6.45) is 2.76. The molecule has 0 bridgehead atoms. The highest BCUT2D eigenvalue weighted by atomic mass is 16.5. The van der Waals surface area contributed by atoms with Crippen molar-refractivity contribution in [1.82, 2.24) is 9.88 Å². The Morgan fingerprint density at radius 1 is 1.30 bits per heavy atom. The van der Waals surface area contributed by atoms with Gasteiger partial charge >= 0.3 is 0 Å². The van der Waals surface area contributed by atoms with Gasteiger partial charge in [-0.3, -0.25) is 9.78 Å². The van der Waals surface area contributed by atoms with Gasteiger partial charge in [-0.05, 0) is 12.1 Å². The molecular weight excluding hydrogens is 256 g/mol. The minimum atomic E-state index is -0.159. The fourth-order valence-corrected chi connectivity index (χ4v) is 2.23. The van der Waals surface area contributed by atoms with Crippen LogP contribution >= 0.6 is 0 Å². The van der Waals surface area contributed by atoms with Gasteiger partial charge in [0.2, 0.25) is 0 Å². The average Bonchev–Trinajstić information content (AvgIpc) is 2.68. The van der Waals surface area contributed by atoms with Gasteiger partial charge in [-0.15, -0.1) is 0 Å². The Kier molecular flexibility index (Phi) is 3.25. The molecule has 0 unspecified atom stereocenters. The zero-order valence-electron chi connectivity index (χ0n) is 10.8. The van der Waals surface area contributed by atoms with Crippen molar-refractivity contribution < 1.29 is 14.6 Å². The number of aromatic hydroxyl groups is 1. The number of nitrogens with zero attached hydrogens (tertiary/aromatic N) is 2. The molecule has 1 amide bonds. The van der Waals surface area contributed by atoms with Crippen molar-refractivity contribution in [2.75, 3.05) is 13.2 Å². The van der Waals surface area contributed by atoms with Crippen molar-refractivity contribution in [3.8, 4) is 11.5 Å². The Hall–Kier alpha value is -2.56. The van der Waals surface area contributed by atoms with Crippen molar-refractivity contribution in [2.24, 2.45) is 0 Å². The van der Waals surface area contributed by atoms with Crippen LogP contribution in [0, 0.1) is 0 Å². The smallest absolute Gasteiger partial charge is 0.255 e. The summed E-state index contributed by atoms with van der Waals surface area (Å²) in [4.78, 5) is 18.0. The third kappa shape index (κ3) is 2.42. The van der Waals surface area contributed by atoms with Crippen LogP contribution in [0.25, 0.3) is 0 Å². The highest BCUT2D eigenvalue weighted by Crippen LogP contribution is 2.23. The summed E-state index contributed by atoms with van der Waals surface area (Å²) >= 11 is 0. The second kappa shape index (κ2) is 5.21. The molecule has 5 heteroatoms. The first-order valence-electron chi connectivity index (χ1n) is 6.38. The number of carbonyl (C=O) groups is 1. The van der Waals surface area contributed by atoms with Gasteiger partial charge in [0.05, 0.1) is 18.3 Å². The van der Waals surface area contributed by atoms with E-state index in [0.717, 1.165) is 11.3 Å². The lowest BCUT2D eigenvalue weighted by Gasteiger charge is -2.19. The predicted octanol–water partition coefficient (Wildman–Crippen LogP) is 1.82. The summed E-state index contributed by atoms with van der Waals surface area (Å²) in [5.41, 5.74) is 1.36. The van der Waals surface area contributed by atoms with Crippen molar-refractivity contribution >= 4 is 5.91 Å². The van der Waals surface area contributed by atoms with Crippen LogP contribution in [0.1, 0.15) is 15.9 Å². The maximum absolute atomic E-state index is 12.4. The van der Waals surface area contributed by atoms with Crippen LogP contribution in [0.2, 0.25) is 0 Å². The number of carbonyl (C=O) groups excluding carboxylic acids is 1. The first-order chi connectivity index (χ1) is 9.74. The van der Waals surface area contributed by atoms with E-state index in [0.29, 0.717) is 25.3 Å². The number of benzene rings is 1. The zero-order chi connectivity index (χ0) is 13.9. The number of pyridine rings is 1. The van der Waals surface area contributed by atoms with E-state index < -0.39 is 0 Å². The highest BCUT2D eigenvalue weighted by molar-refractivity contribution is 5.94. The number of hydrogen-bond acceptors (Lipinski definition) is 4. The van der Waals surface area contributed by atoms with Gasteiger partial charge in [-0.25, -0.2) is 0 Å². The number of rotatable bonds is 1. The topological polar surface area (TPSA) is 62.7 Å². The van der Waals surface area contributed by atoms with Crippen molar-refractivity contribution in [2.45, 2.75) is 6.54 Å². The zero-order valence-corrected chi connectivity index (χ0v) is 10.8. The maximum atomic E-state index is 12.4. The molecule has 0 saturated heterocycles. The molecule has 0 spiro atoms. The molecule has 1 N–H and O–H groups in total. The van der Waals surface area contributed by atoms with E-state index >= 15 is 0 Å². The maximum Gasteiger partial charge on any atom is 0.255 e. The second-order valence-corrected chi connectivity index (χ2v) is 4.61. The van der Waals surface area contributed by atoms with Gasteiger partial charge in [0.25, 0.3) is 5.91 Å². The van der Waals surface area contributed by atoms with Crippen LogP contribution < -0.4 is 4.74 Å². The molecule has 5 nitrogen and oxygen atoms in total. The molecular formula is C15H14N2O3. The van der Waals surface area contributed by atoms with Gasteiger partial charge in [-0.2, -0.15) is 0 Å². The number of amides is 1. The Labute approximate surface area is 116 Å². The van der Waals surface area contributed by atoms with Crippen LogP contribution in [0.5, 0.6) is 11.5 Å². The summed E-state index contributed by atoms with van der Waals surface area (Å²) in [6.45, 7) is 1.45. The Morgan fingerprint density at radius 2 is 2.15 bits per heavy atom. The molecule has 1 aliphatic heterocycles. The van der Waals surface area contributed by atoms with E-state index in [1.165, 1.54) is 18.5 Å². The molecule has 1 aromatic carbocycles. The molecule has 0 fully saturated rings. The predicted molar refractivity (Wildman–Crippen MR) is 72.6 cm³/mol. The number of ether oxygens (including phenoxy) is 1. The molecule has 1 aromatic heterocycles. The monoisotopic (exact) mass is 270 g/mol. The van der Waals surface area contributed by atoms with E-state index in [-0.39, 0.29) is 11.7 Å². The summed E-state index contributed by atoms with van der Waals surface area (Å²) in [5, 5.41) is 9.42. The van der Waals surface area contributed by atoms with Crippen LogP contribution in [-0.2, 0) is 6.54 Å². The molecule has 102 valence electrons. The highest BCUT2D eigenvalue weighted by Gasteiger charge is 2.21. The molecule has 0 atom stereocenters. The molecule has 2 aromatic rings. The number of fused-ring (bicyclic) bond motifs is 1. The fourth-order valence-electron chi connectivity index (χ4n) is 2.23. The lowest BCUT2D eigenvalue weighted by atomic mass is 10.1. The fraction of sp³-hybridized carbons (Fsp3) is 0.200. The summed E-state index contributed by atoms with van der Waals surface area (Å²) < 4.78 is 5.63. The number of hydrogen-bond donors (Lipinski definition) is 1. The van der Waals surface area contributed by atoms with E-state index in [1.54, 1.807) is 4.90 Å². The second-order valence-electron chi connectivity index (χ2n) is 4.61. The molecule has 3 rings (SSSR count). The minimum absolute atomic E-state index is 0.0117. The van der Waals surface area contributed by atoms with E-state index in [4.69, 9.17) is 4.74 Å². The van der Waals surface area contributed by atoms with Crippen LogP contribution in [0.4, 0.5) is 0 Å². The van der Waals surface area contributed by atoms with E-state index in [9.17, 15) is 9.90 Å². The van der Waals surface area contributed by atoms with Crippen LogP contribution in [0.3, 0.4) is 0 Å². The van der Waals surface area contributed by atoms with Gasteiger partial charge in [-0.1, -0.05) is 18.2 Å². The Morgan fingerprint density at radius 3 is 3.00 bits per heavy atom. The Bertz CT molecular complexity index is 643. The minimum Gasteiger partial charge on any atom is -0.506 e. The van der Waals surface area contributed by atoms with Crippen LogP contribution in [-0.4, -0.2) is 34.0 Å². The molecule has 1 aliphatic rings. The largest absolute Gasteiger partial charge is 0.506 e. The molecule has 2 heterocycles. The standard InChI is InChI=1S/C15H14N2O3/c18-13-7-12(8-16-9-13)15(19)17-5-6-20-14-4-2-1-3-11(14)10-17/h1-4,7-9,18H,5-6,10H2. The number of para-hydroxylation sites is 1.